The Hall–Kier alpha value is -2.93. The van der Waals surface area contributed by atoms with Gasteiger partial charge in [0.1, 0.15) is 11.9 Å². The number of carbonyl (C=O) groups excluding carboxylic acids is 3. The van der Waals surface area contributed by atoms with Crippen LogP contribution < -0.4 is 16.2 Å². The van der Waals surface area contributed by atoms with Gasteiger partial charge in [-0.15, -0.1) is 0 Å². The van der Waals surface area contributed by atoms with Gasteiger partial charge in [0.2, 0.25) is 5.91 Å². The van der Waals surface area contributed by atoms with E-state index < -0.39 is 29.6 Å². The lowest BCUT2D eigenvalue weighted by Gasteiger charge is -2.20. The maximum atomic E-state index is 12.9. The fourth-order valence-electron chi connectivity index (χ4n) is 2.60. The molecule has 6 nitrogen and oxygen atoms in total. The van der Waals surface area contributed by atoms with Crippen molar-refractivity contribution in [2.75, 3.05) is 0 Å². The van der Waals surface area contributed by atoms with E-state index in [0.29, 0.717) is 22.6 Å². The Morgan fingerprint density at radius 1 is 0.966 bits per heavy atom. The first-order chi connectivity index (χ1) is 13.7. The molecule has 29 heavy (non-hydrogen) atoms. The highest BCUT2D eigenvalue weighted by molar-refractivity contribution is 6.30. The maximum absolute atomic E-state index is 12.9. The Balaban J connectivity index is 1.93. The molecule has 2 rings (SSSR count). The van der Waals surface area contributed by atoms with Gasteiger partial charge in [-0.1, -0.05) is 37.6 Å². The van der Waals surface area contributed by atoms with Crippen LogP contribution in [0.2, 0.25) is 5.02 Å². The van der Waals surface area contributed by atoms with E-state index in [1.807, 2.05) is 13.8 Å². The molecule has 0 fully saturated rings. The summed E-state index contributed by atoms with van der Waals surface area (Å²) in [5, 5.41) is 3.18. The van der Waals surface area contributed by atoms with Gasteiger partial charge in [0.15, 0.2) is 0 Å². The molecule has 3 amide bonds. The van der Waals surface area contributed by atoms with Crippen LogP contribution in [0.5, 0.6) is 0 Å². The minimum Gasteiger partial charge on any atom is -0.340 e. The number of nitrogens with one attached hydrogen (secondary N) is 3. The molecule has 3 N–H and O–H groups in total. The summed E-state index contributed by atoms with van der Waals surface area (Å²) in [4.78, 5) is 36.9. The zero-order valence-corrected chi connectivity index (χ0v) is 16.9. The Kier molecular flexibility index (Phi) is 8.15. The molecule has 2 aromatic carbocycles. The van der Waals surface area contributed by atoms with Crippen molar-refractivity contribution in [3.63, 3.8) is 0 Å². The van der Waals surface area contributed by atoms with Gasteiger partial charge in [0.25, 0.3) is 11.8 Å². The molecule has 0 aliphatic carbocycles. The van der Waals surface area contributed by atoms with Crippen molar-refractivity contribution in [1.29, 1.82) is 0 Å². The third-order valence-corrected chi connectivity index (χ3v) is 4.29. The predicted octanol–water partition coefficient (Wildman–Crippen LogP) is 3.01. The monoisotopic (exact) mass is 419 g/mol. The molecule has 0 aliphatic heterocycles. The summed E-state index contributed by atoms with van der Waals surface area (Å²) in [6, 6.07) is 11.0. The van der Waals surface area contributed by atoms with E-state index in [1.165, 1.54) is 24.3 Å². The number of amides is 3. The summed E-state index contributed by atoms with van der Waals surface area (Å²) < 4.78 is 12.9. The number of hydrogen-bond donors (Lipinski definition) is 3. The van der Waals surface area contributed by atoms with Crippen molar-refractivity contribution in [1.82, 2.24) is 16.2 Å². The normalized spacial score (nSPS) is 11.6. The zero-order chi connectivity index (χ0) is 21.4. The Morgan fingerprint density at radius 2 is 1.59 bits per heavy atom. The molecule has 0 spiro atoms. The molecule has 0 bridgehead atoms. The molecule has 1 unspecified atom stereocenters. The van der Waals surface area contributed by atoms with E-state index in [1.54, 1.807) is 24.3 Å². The SMILES string of the molecule is CC(C)CC(NC(=O)c1ccc(Cl)cc1)C(=O)NNC(=O)Cc1ccc(F)cc1. The maximum Gasteiger partial charge on any atom is 0.260 e. The van der Waals surface area contributed by atoms with Crippen LogP contribution in [-0.4, -0.2) is 23.8 Å². The minimum atomic E-state index is -0.829. The van der Waals surface area contributed by atoms with Crippen molar-refractivity contribution in [2.24, 2.45) is 5.92 Å². The number of rotatable bonds is 7. The van der Waals surface area contributed by atoms with E-state index in [4.69, 9.17) is 11.6 Å². The second kappa shape index (κ2) is 10.6. The number of hydrazine groups is 1. The highest BCUT2D eigenvalue weighted by atomic mass is 35.5. The van der Waals surface area contributed by atoms with Gasteiger partial charge in [-0.25, -0.2) is 4.39 Å². The summed E-state index contributed by atoms with van der Waals surface area (Å²) >= 11 is 5.82. The lowest BCUT2D eigenvalue weighted by atomic mass is 10.0. The minimum absolute atomic E-state index is 0.0213. The molecule has 154 valence electrons. The second-order valence-electron chi connectivity index (χ2n) is 7.00. The Morgan fingerprint density at radius 3 is 2.17 bits per heavy atom. The van der Waals surface area contributed by atoms with Gasteiger partial charge in [-0.3, -0.25) is 25.2 Å². The molecule has 1 atom stereocenters. The van der Waals surface area contributed by atoms with Crippen molar-refractivity contribution >= 4 is 29.3 Å². The standard InChI is InChI=1S/C21H23ClFN3O3/c1-13(2)11-18(24-20(28)15-5-7-16(22)8-6-15)21(29)26-25-19(27)12-14-3-9-17(23)10-4-14/h3-10,13,18H,11-12H2,1-2H3,(H,24,28)(H,25,27)(H,26,29). The van der Waals surface area contributed by atoms with Gasteiger partial charge < -0.3 is 5.32 Å². The third-order valence-electron chi connectivity index (χ3n) is 4.04. The number of hydrogen-bond acceptors (Lipinski definition) is 3. The molecule has 0 radical (unpaired) electrons. The molecule has 0 saturated carbocycles. The van der Waals surface area contributed by atoms with Crippen LogP contribution in [0.25, 0.3) is 0 Å². The smallest absolute Gasteiger partial charge is 0.260 e. The third kappa shape index (κ3) is 7.54. The Bertz CT molecular complexity index is 854. The molecular formula is C21H23ClFN3O3. The van der Waals surface area contributed by atoms with Gasteiger partial charge in [0.05, 0.1) is 6.42 Å². The summed E-state index contributed by atoms with van der Waals surface area (Å²) in [5.74, 6) is -1.67. The van der Waals surface area contributed by atoms with E-state index in [0.717, 1.165) is 0 Å². The van der Waals surface area contributed by atoms with Crippen LogP contribution >= 0.6 is 11.6 Å². The highest BCUT2D eigenvalue weighted by Gasteiger charge is 2.23. The number of carbonyl (C=O) groups is 3. The number of benzene rings is 2. The van der Waals surface area contributed by atoms with Crippen LogP contribution in [0, 0.1) is 11.7 Å². The van der Waals surface area contributed by atoms with Crippen LogP contribution in [-0.2, 0) is 16.0 Å². The lowest BCUT2D eigenvalue weighted by Crippen LogP contribution is -2.53. The fraction of sp³-hybridized carbons (Fsp3) is 0.286. The first-order valence-electron chi connectivity index (χ1n) is 9.14. The zero-order valence-electron chi connectivity index (χ0n) is 16.2. The average Bonchev–Trinajstić information content (AvgIpc) is 2.67. The van der Waals surface area contributed by atoms with Crippen LogP contribution in [0.4, 0.5) is 4.39 Å². The van der Waals surface area contributed by atoms with E-state index in [-0.39, 0.29) is 12.3 Å². The van der Waals surface area contributed by atoms with E-state index >= 15 is 0 Å². The van der Waals surface area contributed by atoms with Gasteiger partial charge in [0, 0.05) is 10.6 Å². The average molecular weight is 420 g/mol. The second-order valence-corrected chi connectivity index (χ2v) is 7.44. The van der Waals surface area contributed by atoms with Crippen LogP contribution in [0.15, 0.2) is 48.5 Å². The van der Waals surface area contributed by atoms with Crippen LogP contribution in [0.1, 0.15) is 36.2 Å². The fourth-order valence-corrected chi connectivity index (χ4v) is 2.72. The first-order valence-corrected chi connectivity index (χ1v) is 9.52. The largest absolute Gasteiger partial charge is 0.340 e. The van der Waals surface area contributed by atoms with Crippen molar-refractivity contribution in [3.8, 4) is 0 Å². The molecule has 0 aliphatic rings. The molecule has 0 saturated heterocycles. The summed E-state index contributed by atoms with van der Waals surface area (Å²) in [5.41, 5.74) is 5.63. The summed E-state index contributed by atoms with van der Waals surface area (Å²) in [6.07, 6.45) is 0.367. The quantitative estimate of drug-likeness (QED) is 0.603. The molecule has 0 aromatic heterocycles. The first kappa shape index (κ1) is 22.4. The predicted molar refractivity (Wildman–Crippen MR) is 109 cm³/mol. The lowest BCUT2D eigenvalue weighted by molar-refractivity contribution is -0.129. The summed E-state index contributed by atoms with van der Waals surface area (Å²) in [7, 11) is 0. The van der Waals surface area contributed by atoms with Gasteiger partial charge >= 0.3 is 0 Å². The van der Waals surface area contributed by atoms with Crippen LogP contribution in [0.3, 0.4) is 0 Å². The van der Waals surface area contributed by atoms with E-state index in [2.05, 4.69) is 16.2 Å². The molecule has 0 heterocycles. The van der Waals surface area contributed by atoms with Crippen molar-refractivity contribution in [2.45, 2.75) is 32.7 Å². The molecule has 2 aromatic rings. The van der Waals surface area contributed by atoms with Crippen molar-refractivity contribution in [3.05, 3.63) is 70.5 Å². The molecular weight excluding hydrogens is 397 g/mol. The van der Waals surface area contributed by atoms with Gasteiger partial charge in [-0.2, -0.15) is 0 Å². The Labute approximate surface area is 173 Å². The van der Waals surface area contributed by atoms with E-state index in [9.17, 15) is 18.8 Å². The molecule has 8 heteroatoms. The number of halogens is 2. The van der Waals surface area contributed by atoms with Gasteiger partial charge in [-0.05, 0) is 54.3 Å². The van der Waals surface area contributed by atoms with Crippen molar-refractivity contribution < 1.29 is 18.8 Å². The topological polar surface area (TPSA) is 87.3 Å². The summed E-state index contributed by atoms with van der Waals surface area (Å²) in [6.45, 7) is 3.84. The highest BCUT2D eigenvalue weighted by Crippen LogP contribution is 2.11.